The molecule has 95 heavy (non-hydrogen) atoms. The summed E-state index contributed by atoms with van der Waals surface area (Å²) < 4.78 is 2.53. The number of benzene rings is 9. The quantitative estimate of drug-likeness (QED) is 0.148. The first kappa shape index (κ1) is 57.2. The van der Waals surface area contributed by atoms with Crippen LogP contribution in [0.4, 0.5) is 39.8 Å². The monoisotopic (exact) mass is 1230 g/mol. The van der Waals surface area contributed by atoms with E-state index in [1.54, 1.807) is 5.57 Å². The molecule has 4 heterocycles. The van der Waals surface area contributed by atoms with Gasteiger partial charge in [0.2, 0.25) is 0 Å². The average Bonchev–Trinajstić information content (AvgIpc) is 1.15. The third-order valence-electron chi connectivity index (χ3n) is 24.1. The zero-order valence-corrected chi connectivity index (χ0v) is 55.9. The minimum atomic E-state index is -0.101. The van der Waals surface area contributed by atoms with E-state index in [0.717, 1.165) is 18.3 Å². The Morgan fingerprint density at radius 2 is 0.958 bits per heavy atom. The van der Waals surface area contributed by atoms with E-state index in [1.807, 2.05) is 0 Å². The summed E-state index contributed by atoms with van der Waals surface area (Å²) in [6, 6.07) is 80.8. The molecule has 3 fully saturated rings. The summed E-state index contributed by atoms with van der Waals surface area (Å²) in [5.74, 6) is 2.63. The van der Waals surface area contributed by atoms with Crippen molar-refractivity contribution < 1.29 is 0 Å². The van der Waals surface area contributed by atoms with Crippen molar-refractivity contribution in [3.8, 4) is 27.9 Å². The number of nitrogens with zero attached hydrogens (tertiary/aromatic N) is 4. The lowest BCUT2D eigenvalue weighted by Gasteiger charge is -2.48. The van der Waals surface area contributed by atoms with Gasteiger partial charge in [-0.1, -0.05) is 249 Å². The van der Waals surface area contributed by atoms with E-state index in [0.29, 0.717) is 29.8 Å². The van der Waals surface area contributed by atoms with E-state index < -0.39 is 0 Å². The lowest BCUT2D eigenvalue weighted by molar-refractivity contribution is 0.231. The van der Waals surface area contributed by atoms with Crippen LogP contribution in [0.15, 0.2) is 271 Å². The van der Waals surface area contributed by atoms with Gasteiger partial charge in [-0.15, -0.1) is 0 Å². The van der Waals surface area contributed by atoms with Crippen LogP contribution in [-0.2, 0) is 0 Å². The van der Waals surface area contributed by atoms with Gasteiger partial charge >= 0.3 is 0 Å². The summed E-state index contributed by atoms with van der Waals surface area (Å²) in [6.07, 6.45) is 27.2. The first-order chi connectivity index (χ1) is 46.4. The summed E-state index contributed by atoms with van der Waals surface area (Å²) >= 11 is 0. The lowest BCUT2D eigenvalue weighted by Crippen LogP contribution is -2.61. The minimum Gasteiger partial charge on any atom is -0.365 e. The third kappa shape index (κ3) is 9.00. The van der Waals surface area contributed by atoms with Crippen molar-refractivity contribution in [2.24, 2.45) is 40.4 Å². The molecule has 2 saturated carbocycles. The summed E-state index contributed by atoms with van der Waals surface area (Å²) in [5.41, 5.74) is 31.5. The van der Waals surface area contributed by atoms with Crippen molar-refractivity contribution in [3.63, 3.8) is 0 Å². The number of allylic oxidation sites excluding steroid dienone is 12. The summed E-state index contributed by atoms with van der Waals surface area (Å²) in [5, 5.41) is 2.55. The van der Waals surface area contributed by atoms with Crippen LogP contribution in [0.2, 0.25) is 0 Å². The zero-order chi connectivity index (χ0) is 63.6. The van der Waals surface area contributed by atoms with Crippen molar-refractivity contribution in [2.45, 2.75) is 111 Å². The Kier molecular flexibility index (Phi) is 13.0. The van der Waals surface area contributed by atoms with Crippen molar-refractivity contribution in [2.75, 3.05) is 14.7 Å². The molecule has 19 rings (SSSR count). The molecule has 1 saturated heterocycles. The number of para-hydroxylation sites is 2. The molecular formula is C90H83BN4. The van der Waals surface area contributed by atoms with Crippen LogP contribution < -0.4 is 31.1 Å². The molecule has 7 unspecified atom stereocenters. The fourth-order valence-corrected chi connectivity index (χ4v) is 19.6. The van der Waals surface area contributed by atoms with Crippen LogP contribution in [0.3, 0.4) is 0 Å². The van der Waals surface area contributed by atoms with Crippen molar-refractivity contribution in [1.82, 2.24) is 4.57 Å². The lowest BCUT2D eigenvalue weighted by atomic mass is 9.33. The number of hydrogen-bond acceptors (Lipinski definition) is 3. The van der Waals surface area contributed by atoms with Crippen LogP contribution in [0.5, 0.6) is 0 Å². The fourth-order valence-electron chi connectivity index (χ4n) is 19.6. The van der Waals surface area contributed by atoms with Gasteiger partial charge in [0.15, 0.2) is 0 Å². The Bertz CT molecular complexity index is 4920. The normalized spacial score (nSPS) is 23.1. The van der Waals surface area contributed by atoms with Crippen LogP contribution in [0, 0.1) is 40.4 Å². The molecular weight excluding hydrogens is 1150 g/mol. The third-order valence-corrected chi connectivity index (χ3v) is 24.1. The number of aromatic nitrogens is 1. The number of rotatable bonds is 7. The Morgan fingerprint density at radius 1 is 0.421 bits per heavy atom. The average molecular weight is 1230 g/mol. The van der Waals surface area contributed by atoms with Crippen LogP contribution in [0.25, 0.3) is 55.3 Å². The van der Waals surface area contributed by atoms with Gasteiger partial charge in [-0.05, 0) is 199 Å². The van der Waals surface area contributed by atoms with Gasteiger partial charge in [0.05, 0.1) is 11.0 Å². The number of hydrogen-bond donors (Lipinski definition) is 0. The second kappa shape index (κ2) is 21.6. The Hall–Kier alpha value is -9.32. The molecule has 6 aliphatic carbocycles. The predicted molar refractivity (Wildman–Crippen MR) is 402 cm³/mol. The molecule has 9 aliphatic rings. The fraction of sp³-hybridized carbons (Fsp3) is 0.267. The maximum absolute atomic E-state index is 3.04. The maximum Gasteiger partial charge on any atom is 0.252 e. The van der Waals surface area contributed by atoms with Crippen molar-refractivity contribution >= 4 is 90.3 Å². The number of anilines is 7. The smallest absolute Gasteiger partial charge is 0.252 e. The van der Waals surface area contributed by atoms with E-state index in [1.165, 1.54) is 191 Å². The Morgan fingerprint density at radius 3 is 1.56 bits per heavy atom. The molecule has 0 bridgehead atoms. The summed E-state index contributed by atoms with van der Waals surface area (Å²) in [6.45, 7) is 14.3. The van der Waals surface area contributed by atoms with Crippen molar-refractivity contribution in [1.29, 1.82) is 0 Å². The summed E-state index contributed by atoms with van der Waals surface area (Å²) in [7, 11) is 0. The topological polar surface area (TPSA) is 14.7 Å². The minimum absolute atomic E-state index is 0.0233. The molecule has 0 spiro atoms. The highest BCUT2D eigenvalue weighted by molar-refractivity contribution is 7.00. The Balaban J connectivity index is 0.903. The van der Waals surface area contributed by atoms with Gasteiger partial charge in [0.25, 0.3) is 6.71 Å². The van der Waals surface area contributed by atoms with E-state index in [9.17, 15) is 0 Å². The molecule has 10 aromatic rings. The van der Waals surface area contributed by atoms with Gasteiger partial charge in [-0.3, -0.25) is 0 Å². The molecule has 0 amide bonds. The standard InChI is InChI=1S/C90H83BN4/c1-89(2,3)64-47-61-33-34-62-48-65(90(4,5)6)52-75-74(50-63(49-64)86(61)87(62)75)60-39-46-82-77(51-60)91-76-45-44-68(94-78-29-17-13-25-70(78)71-26-14-18-30-79(71)94)53-83(76)93(67-42-37-59(38-43-67)57-23-11-8-12-24-57)85-55-69(95-80-31-19-15-27-72(80)73-28-16-20-32-81(73)95)54-84(88(85)91)92(82)66-40-35-58(36-41-66)56-21-9-7-10-22-56/h7-14,17-18,21-26,29-30,33-46,48-55,61,72-73,80-81,86-87H,15-16,19-20,27-28,31-32,47H2,1-6H3. The maximum atomic E-state index is 3.04. The van der Waals surface area contributed by atoms with Crippen LogP contribution in [-0.4, -0.2) is 23.4 Å². The molecule has 1 aromatic heterocycles. The zero-order valence-electron chi connectivity index (χ0n) is 55.9. The molecule has 3 aliphatic heterocycles. The molecule has 466 valence electrons. The van der Waals surface area contributed by atoms with E-state index >= 15 is 0 Å². The molecule has 9 aromatic carbocycles. The van der Waals surface area contributed by atoms with Gasteiger partial charge in [-0.25, -0.2) is 0 Å². The second-order valence-corrected chi connectivity index (χ2v) is 31.3. The van der Waals surface area contributed by atoms with Crippen LogP contribution >= 0.6 is 0 Å². The van der Waals surface area contributed by atoms with Gasteiger partial charge < -0.3 is 19.3 Å². The summed E-state index contributed by atoms with van der Waals surface area (Å²) in [4.78, 5) is 8.45. The predicted octanol–water partition coefficient (Wildman–Crippen LogP) is 21.5. The largest absolute Gasteiger partial charge is 0.365 e. The van der Waals surface area contributed by atoms with Crippen LogP contribution in [0.1, 0.15) is 105 Å². The van der Waals surface area contributed by atoms with E-state index in [4.69, 9.17) is 0 Å². The first-order valence-corrected chi connectivity index (χ1v) is 35.8. The Labute approximate surface area is 562 Å². The first-order valence-electron chi connectivity index (χ1n) is 35.8. The molecule has 0 N–H and O–H groups in total. The highest BCUT2D eigenvalue weighted by Crippen LogP contribution is 2.59. The van der Waals surface area contributed by atoms with E-state index in [2.05, 4.69) is 304 Å². The highest BCUT2D eigenvalue weighted by atomic mass is 15.3. The molecule has 5 heteroatoms. The van der Waals surface area contributed by atoms with Gasteiger partial charge in [0, 0.05) is 80.2 Å². The highest BCUT2D eigenvalue weighted by Gasteiger charge is 2.52. The SMILES string of the molecule is CC(C)(C)C1=CC2=C(c3ccc4c(c3)B3c5ccc(-n6c7ccccc7c7ccccc76)cc5N(c5ccc(-c6ccccc6)cc5)c5cc(N6C7CCCCC7C7CCCCC76)cc(c53)N4c3ccc(-c4ccccc4)cc3)C=C3C=C(C(C)(C)C)CC4C=CC(=C1)C2C34. The van der Waals surface area contributed by atoms with E-state index in [-0.39, 0.29) is 17.5 Å². The molecule has 0 radical (unpaired) electrons. The van der Waals surface area contributed by atoms with Gasteiger partial charge in [-0.2, -0.15) is 0 Å². The van der Waals surface area contributed by atoms with Gasteiger partial charge in [0.1, 0.15) is 0 Å². The molecule has 7 atom stereocenters. The second-order valence-electron chi connectivity index (χ2n) is 31.3. The molecule has 4 nitrogen and oxygen atoms in total. The number of fused-ring (bicyclic) bond motifs is 10. The van der Waals surface area contributed by atoms with Crippen molar-refractivity contribution in [3.05, 3.63) is 276 Å².